The number of carboxylic acid groups (broad SMARTS) is 1. The average Bonchev–Trinajstić information content (AvgIpc) is 3.10. The van der Waals surface area contributed by atoms with E-state index in [0.29, 0.717) is 12.1 Å². The standard InChI is InChI=1S/C25H20F2N2O5/c1-13(23(30)29-14-10-20(26)22(24(31)32)21(27)11-14)28-25(33)34-12-19-17-8-4-2-6-15(17)16-7-3-5-9-18(16)19/h2-11,13,19H,12H2,1H3,(H,28,33)(H,29,30)(H,31,32)/t13-/m1/s1. The summed E-state index contributed by atoms with van der Waals surface area (Å²) in [6, 6.07) is 16.0. The number of carbonyl (C=O) groups is 3. The van der Waals surface area contributed by atoms with Crippen LogP contribution in [-0.2, 0) is 9.53 Å². The molecule has 4 rings (SSSR count). The molecule has 0 aromatic heterocycles. The highest BCUT2D eigenvalue weighted by molar-refractivity contribution is 5.97. The summed E-state index contributed by atoms with van der Waals surface area (Å²) in [4.78, 5) is 35.5. The summed E-state index contributed by atoms with van der Waals surface area (Å²) in [5.74, 6) is -5.35. The van der Waals surface area contributed by atoms with Crippen LogP contribution in [-0.4, -0.2) is 35.7 Å². The fourth-order valence-electron chi connectivity index (χ4n) is 3.98. The Morgan fingerprint density at radius 2 is 1.50 bits per heavy atom. The van der Waals surface area contributed by atoms with E-state index in [-0.39, 0.29) is 18.2 Å². The number of fused-ring (bicyclic) bond motifs is 3. The molecule has 1 atom stereocenters. The van der Waals surface area contributed by atoms with Crippen LogP contribution in [0.3, 0.4) is 0 Å². The summed E-state index contributed by atoms with van der Waals surface area (Å²) >= 11 is 0. The summed E-state index contributed by atoms with van der Waals surface area (Å²) in [6.45, 7) is 1.43. The number of alkyl carbamates (subject to hydrolysis) is 1. The molecule has 1 aliphatic rings. The summed E-state index contributed by atoms with van der Waals surface area (Å²) in [6.07, 6.45) is -0.830. The molecule has 34 heavy (non-hydrogen) atoms. The number of ether oxygens (including phenoxy) is 1. The van der Waals surface area contributed by atoms with Crippen molar-refractivity contribution in [3.05, 3.63) is 89.0 Å². The Morgan fingerprint density at radius 3 is 2.03 bits per heavy atom. The van der Waals surface area contributed by atoms with Gasteiger partial charge in [-0.05, 0) is 41.3 Å². The highest BCUT2D eigenvalue weighted by atomic mass is 19.1. The molecule has 0 saturated carbocycles. The van der Waals surface area contributed by atoms with Gasteiger partial charge >= 0.3 is 12.1 Å². The molecule has 0 fully saturated rings. The first kappa shape index (κ1) is 22.9. The van der Waals surface area contributed by atoms with Crippen molar-refractivity contribution in [2.45, 2.75) is 18.9 Å². The molecule has 174 valence electrons. The molecule has 0 saturated heterocycles. The largest absolute Gasteiger partial charge is 0.477 e. The lowest BCUT2D eigenvalue weighted by Gasteiger charge is -2.17. The fraction of sp³-hybridized carbons (Fsp3) is 0.160. The molecular weight excluding hydrogens is 446 g/mol. The van der Waals surface area contributed by atoms with Gasteiger partial charge in [-0.1, -0.05) is 48.5 Å². The van der Waals surface area contributed by atoms with Crippen LogP contribution < -0.4 is 10.6 Å². The van der Waals surface area contributed by atoms with Crippen LogP contribution in [0, 0.1) is 11.6 Å². The first-order valence-corrected chi connectivity index (χ1v) is 10.4. The van der Waals surface area contributed by atoms with E-state index in [2.05, 4.69) is 10.6 Å². The van der Waals surface area contributed by atoms with Crippen LogP contribution >= 0.6 is 0 Å². The van der Waals surface area contributed by atoms with Crippen LogP contribution in [0.25, 0.3) is 11.1 Å². The predicted octanol–water partition coefficient (Wildman–Crippen LogP) is 4.53. The zero-order valence-electron chi connectivity index (χ0n) is 18.0. The lowest BCUT2D eigenvalue weighted by molar-refractivity contribution is -0.117. The second-order valence-corrected chi connectivity index (χ2v) is 7.80. The number of rotatable bonds is 6. The van der Waals surface area contributed by atoms with Gasteiger partial charge in [0.15, 0.2) is 0 Å². The number of amides is 2. The van der Waals surface area contributed by atoms with Crippen molar-refractivity contribution < 1.29 is 33.0 Å². The average molecular weight is 466 g/mol. The maximum absolute atomic E-state index is 13.8. The Balaban J connectivity index is 1.37. The van der Waals surface area contributed by atoms with Crippen LogP contribution in [0.15, 0.2) is 60.7 Å². The van der Waals surface area contributed by atoms with Gasteiger partial charge in [-0.25, -0.2) is 18.4 Å². The van der Waals surface area contributed by atoms with Crippen molar-refractivity contribution in [1.82, 2.24) is 5.32 Å². The SMILES string of the molecule is C[C@@H](NC(=O)OCC1c2ccccc2-c2ccccc21)C(=O)Nc1cc(F)c(C(=O)O)c(F)c1. The number of nitrogens with one attached hydrogen (secondary N) is 2. The number of anilines is 1. The molecule has 0 radical (unpaired) electrons. The van der Waals surface area contributed by atoms with Gasteiger partial charge in [-0.2, -0.15) is 0 Å². The molecule has 3 aromatic carbocycles. The van der Waals surface area contributed by atoms with E-state index < -0.39 is 41.2 Å². The second-order valence-electron chi connectivity index (χ2n) is 7.80. The van der Waals surface area contributed by atoms with E-state index in [1.807, 2.05) is 48.5 Å². The van der Waals surface area contributed by atoms with Crippen molar-refractivity contribution in [3.63, 3.8) is 0 Å². The van der Waals surface area contributed by atoms with Crippen molar-refractivity contribution in [1.29, 1.82) is 0 Å². The molecule has 0 spiro atoms. The minimum atomic E-state index is -1.77. The van der Waals surface area contributed by atoms with Crippen molar-refractivity contribution in [2.75, 3.05) is 11.9 Å². The lowest BCUT2D eigenvalue weighted by atomic mass is 9.98. The van der Waals surface area contributed by atoms with Crippen molar-refractivity contribution in [3.8, 4) is 11.1 Å². The number of halogens is 2. The van der Waals surface area contributed by atoms with Crippen LogP contribution in [0.2, 0.25) is 0 Å². The zero-order valence-corrected chi connectivity index (χ0v) is 18.0. The number of hydrogen-bond donors (Lipinski definition) is 3. The van der Waals surface area contributed by atoms with Crippen molar-refractivity contribution >= 4 is 23.7 Å². The first-order valence-electron chi connectivity index (χ1n) is 10.4. The molecule has 0 aliphatic heterocycles. The zero-order chi connectivity index (χ0) is 24.4. The van der Waals surface area contributed by atoms with Gasteiger partial charge in [0, 0.05) is 11.6 Å². The molecule has 7 nitrogen and oxygen atoms in total. The van der Waals surface area contributed by atoms with E-state index in [1.165, 1.54) is 6.92 Å². The monoisotopic (exact) mass is 466 g/mol. The highest BCUT2D eigenvalue weighted by Crippen LogP contribution is 2.44. The fourth-order valence-corrected chi connectivity index (χ4v) is 3.98. The first-order chi connectivity index (χ1) is 16.3. The number of carbonyl (C=O) groups excluding carboxylic acids is 2. The smallest absolute Gasteiger partial charge is 0.407 e. The van der Waals surface area contributed by atoms with Crippen LogP contribution in [0.5, 0.6) is 0 Å². The normalized spacial score (nSPS) is 12.9. The molecule has 0 bridgehead atoms. The van der Waals surface area contributed by atoms with Crippen LogP contribution in [0.1, 0.15) is 34.3 Å². The van der Waals surface area contributed by atoms with Gasteiger partial charge in [0.1, 0.15) is 29.8 Å². The molecule has 3 aromatic rings. The molecule has 2 amide bonds. The maximum atomic E-state index is 13.8. The van der Waals surface area contributed by atoms with Crippen molar-refractivity contribution in [2.24, 2.45) is 0 Å². The van der Waals surface area contributed by atoms with E-state index in [9.17, 15) is 23.2 Å². The summed E-state index contributed by atoms with van der Waals surface area (Å²) < 4.78 is 33.0. The maximum Gasteiger partial charge on any atom is 0.407 e. The third-order valence-electron chi connectivity index (χ3n) is 5.59. The number of aromatic carboxylic acids is 1. The number of carboxylic acids is 1. The van der Waals surface area contributed by atoms with Crippen LogP contribution in [0.4, 0.5) is 19.3 Å². The molecule has 0 heterocycles. The van der Waals surface area contributed by atoms with Gasteiger partial charge in [-0.15, -0.1) is 0 Å². The van der Waals surface area contributed by atoms with E-state index >= 15 is 0 Å². The quantitative estimate of drug-likeness (QED) is 0.495. The van der Waals surface area contributed by atoms with Gasteiger partial charge < -0.3 is 20.5 Å². The molecule has 0 unspecified atom stereocenters. The Kier molecular flexibility index (Phi) is 6.27. The predicted molar refractivity (Wildman–Crippen MR) is 120 cm³/mol. The minimum Gasteiger partial charge on any atom is -0.477 e. The van der Waals surface area contributed by atoms with Gasteiger partial charge in [-0.3, -0.25) is 4.79 Å². The summed E-state index contributed by atoms with van der Waals surface area (Å²) in [5.41, 5.74) is 2.82. The second kappa shape index (κ2) is 9.30. The van der Waals surface area contributed by atoms with E-state index in [0.717, 1.165) is 22.3 Å². The third kappa shape index (κ3) is 4.45. The Hall–Kier alpha value is -4.27. The lowest BCUT2D eigenvalue weighted by Crippen LogP contribution is -2.42. The molecule has 3 N–H and O–H groups in total. The highest BCUT2D eigenvalue weighted by Gasteiger charge is 2.29. The third-order valence-corrected chi connectivity index (χ3v) is 5.59. The number of hydrogen-bond acceptors (Lipinski definition) is 4. The Bertz CT molecular complexity index is 1230. The van der Waals surface area contributed by atoms with Gasteiger partial charge in [0.2, 0.25) is 5.91 Å². The van der Waals surface area contributed by atoms with E-state index in [1.54, 1.807) is 0 Å². The Labute approximate surface area is 193 Å². The van der Waals surface area contributed by atoms with E-state index in [4.69, 9.17) is 9.84 Å². The topological polar surface area (TPSA) is 105 Å². The molecule has 1 aliphatic carbocycles. The summed E-state index contributed by atoms with van der Waals surface area (Å²) in [5, 5.41) is 13.4. The molecular formula is C25H20F2N2O5. The number of benzene rings is 3. The van der Waals surface area contributed by atoms with Gasteiger partial charge in [0.05, 0.1) is 0 Å². The minimum absolute atomic E-state index is 0.0568. The summed E-state index contributed by atoms with van der Waals surface area (Å²) in [7, 11) is 0. The van der Waals surface area contributed by atoms with Gasteiger partial charge in [0.25, 0.3) is 0 Å². The Morgan fingerprint density at radius 1 is 0.971 bits per heavy atom. The molecule has 9 heteroatoms.